The average molecular weight is 341 g/mol. The number of hydrogen-bond acceptors (Lipinski definition) is 2. The van der Waals surface area contributed by atoms with Crippen LogP contribution in [0.4, 0.5) is 5.69 Å². The Kier molecular flexibility index (Phi) is 4.83. The van der Waals surface area contributed by atoms with Crippen LogP contribution in [-0.4, -0.2) is 12.8 Å². The molecule has 26 heavy (non-hydrogen) atoms. The van der Waals surface area contributed by atoms with E-state index in [9.17, 15) is 0 Å². The highest BCUT2D eigenvalue weighted by molar-refractivity contribution is 5.85. The first-order chi connectivity index (χ1) is 12.8. The van der Waals surface area contributed by atoms with Crippen molar-refractivity contribution in [2.75, 3.05) is 6.61 Å². The quantitative estimate of drug-likeness (QED) is 0.522. The zero-order valence-electron chi connectivity index (χ0n) is 15.1. The lowest BCUT2D eigenvalue weighted by molar-refractivity contribution is 0.317. The monoisotopic (exact) mass is 341 g/mol. The molecule has 4 rings (SSSR count). The van der Waals surface area contributed by atoms with E-state index >= 15 is 0 Å². The summed E-state index contributed by atoms with van der Waals surface area (Å²) in [5, 5.41) is 0. The van der Waals surface area contributed by atoms with Gasteiger partial charge < -0.3 is 4.74 Å². The molecule has 3 aromatic rings. The maximum Gasteiger partial charge on any atom is 0.119 e. The van der Waals surface area contributed by atoms with E-state index < -0.39 is 0 Å². The fourth-order valence-electron chi connectivity index (χ4n) is 3.43. The Morgan fingerprint density at radius 1 is 0.885 bits per heavy atom. The Hall–Kier alpha value is -2.87. The Morgan fingerprint density at radius 3 is 2.50 bits per heavy atom. The second-order valence-electron chi connectivity index (χ2n) is 6.67. The molecule has 1 aliphatic carbocycles. The molecular formula is C24H23NO. The van der Waals surface area contributed by atoms with Crippen LogP contribution >= 0.6 is 0 Å². The molecule has 0 amide bonds. The van der Waals surface area contributed by atoms with E-state index in [-0.39, 0.29) is 0 Å². The minimum absolute atomic E-state index is 0.751. The molecule has 0 saturated carbocycles. The van der Waals surface area contributed by atoms with Crippen molar-refractivity contribution < 1.29 is 4.74 Å². The van der Waals surface area contributed by atoms with Crippen molar-refractivity contribution in [1.82, 2.24) is 0 Å². The molecule has 130 valence electrons. The SMILES string of the molecule is CCCOc1ccc(N=Cc2ccc3c(c2)CCc2ccccc2-3)cc1. The predicted octanol–water partition coefficient (Wildman–Crippen LogP) is 5.99. The molecule has 0 radical (unpaired) electrons. The van der Waals surface area contributed by atoms with Crippen molar-refractivity contribution in [2.24, 2.45) is 4.99 Å². The third-order valence-corrected chi connectivity index (χ3v) is 4.77. The topological polar surface area (TPSA) is 21.6 Å². The van der Waals surface area contributed by atoms with Crippen LogP contribution in [0, 0.1) is 0 Å². The zero-order chi connectivity index (χ0) is 17.8. The molecule has 0 atom stereocenters. The Bertz CT molecular complexity index is 925. The molecule has 0 fully saturated rings. The van der Waals surface area contributed by atoms with Gasteiger partial charge >= 0.3 is 0 Å². The van der Waals surface area contributed by atoms with Gasteiger partial charge in [-0.2, -0.15) is 0 Å². The van der Waals surface area contributed by atoms with Gasteiger partial charge in [0.1, 0.15) is 5.75 Å². The van der Waals surface area contributed by atoms with Crippen LogP contribution in [0.15, 0.2) is 71.7 Å². The lowest BCUT2D eigenvalue weighted by Crippen LogP contribution is -2.04. The number of fused-ring (bicyclic) bond motifs is 3. The first-order valence-corrected chi connectivity index (χ1v) is 9.31. The average Bonchev–Trinajstić information content (AvgIpc) is 2.71. The molecule has 2 nitrogen and oxygen atoms in total. The van der Waals surface area contributed by atoms with E-state index in [0.29, 0.717) is 0 Å². The van der Waals surface area contributed by atoms with Gasteiger partial charge in [0.05, 0.1) is 12.3 Å². The first-order valence-electron chi connectivity index (χ1n) is 9.31. The summed E-state index contributed by atoms with van der Waals surface area (Å²) in [5.41, 5.74) is 7.69. The number of hydrogen-bond donors (Lipinski definition) is 0. The Morgan fingerprint density at radius 2 is 1.65 bits per heavy atom. The standard InChI is InChI=1S/C24H23NO/c1-2-15-26-22-12-10-21(11-13-22)25-17-18-7-14-24-20(16-18)9-8-19-5-3-4-6-23(19)24/h3-7,10-14,16-17H,2,8-9,15H2,1H3. The first kappa shape index (κ1) is 16.6. The molecule has 1 aliphatic rings. The molecule has 0 aromatic heterocycles. The van der Waals surface area contributed by atoms with E-state index in [1.165, 1.54) is 22.3 Å². The van der Waals surface area contributed by atoms with Crippen molar-refractivity contribution >= 4 is 11.9 Å². The third-order valence-electron chi connectivity index (χ3n) is 4.77. The summed E-state index contributed by atoms with van der Waals surface area (Å²) in [4.78, 5) is 4.61. The molecule has 0 saturated heterocycles. The maximum atomic E-state index is 5.61. The highest BCUT2D eigenvalue weighted by atomic mass is 16.5. The maximum absolute atomic E-state index is 5.61. The van der Waals surface area contributed by atoms with Gasteiger partial charge in [-0.15, -0.1) is 0 Å². The van der Waals surface area contributed by atoms with Crippen LogP contribution in [0.25, 0.3) is 11.1 Å². The Balaban J connectivity index is 1.52. The summed E-state index contributed by atoms with van der Waals surface area (Å²) in [6, 6.07) is 23.3. The minimum atomic E-state index is 0.751. The summed E-state index contributed by atoms with van der Waals surface area (Å²) in [6.07, 6.45) is 5.17. The number of aliphatic imine (C=N–C) groups is 1. The van der Waals surface area contributed by atoms with Crippen molar-refractivity contribution in [3.63, 3.8) is 0 Å². The normalized spacial score (nSPS) is 12.7. The molecule has 0 heterocycles. The predicted molar refractivity (Wildman–Crippen MR) is 109 cm³/mol. The van der Waals surface area contributed by atoms with Crippen LogP contribution in [0.3, 0.4) is 0 Å². The summed E-state index contributed by atoms with van der Waals surface area (Å²) >= 11 is 0. The molecule has 0 N–H and O–H groups in total. The lowest BCUT2D eigenvalue weighted by Gasteiger charge is -2.20. The second kappa shape index (κ2) is 7.57. The van der Waals surface area contributed by atoms with Gasteiger partial charge in [0.25, 0.3) is 0 Å². The summed E-state index contributed by atoms with van der Waals surface area (Å²) in [7, 11) is 0. The van der Waals surface area contributed by atoms with Crippen molar-refractivity contribution in [2.45, 2.75) is 26.2 Å². The summed E-state index contributed by atoms with van der Waals surface area (Å²) < 4.78 is 5.61. The smallest absolute Gasteiger partial charge is 0.119 e. The fourth-order valence-corrected chi connectivity index (χ4v) is 3.43. The summed E-state index contributed by atoms with van der Waals surface area (Å²) in [5.74, 6) is 0.901. The molecule has 3 aromatic carbocycles. The van der Waals surface area contributed by atoms with Gasteiger partial charge in [-0.3, -0.25) is 4.99 Å². The highest BCUT2D eigenvalue weighted by Gasteiger charge is 2.15. The van der Waals surface area contributed by atoms with Gasteiger partial charge in [0.2, 0.25) is 0 Å². The van der Waals surface area contributed by atoms with Crippen LogP contribution < -0.4 is 4.74 Å². The molecule has 0 unspecified atom stereocenters. The van der Waals surface area contributed by atoms with E-state index in [4.69, 9.17) is 4.74 Å². The van der Waals surface area contributed by atoms with E-state index in [0.717, 1.165) is 42.9 Å². The molecule has 2 heteroatoms. The second-order valence-corrected chi connectivity index (χ2v) is 6.67. The van der Waals surface area contributed by atoms with Crippen LogP contribution in [0.1, 0.15) is 30.0 Å². The molecular weight excluding hydrogens is 318 g/mol. The van der Waals surface area contributed by atoms with Crippen molar-refractivity contribution in [3.8, 4) is 16.9 Å². The number of ether oxygens (including phenoxy) is 1. The van der Waals surface area contributed by atoms with Crippen LogP contribution in [0.5, 0.6) is 5.75 Å². The number of nitrogens with zero attached hydrogens (tertiary/aromatic N) is 1. The molecule has 0 aliphatic heterocycles. The van der Waals surface area contributed by atoms with Gasteiger partial charge in [-0.05, 0) is 77.4 Å². The van der Waals surface area contributed by atoms with Crippen LogP contribution in [0.2, 0.25) is 0 Å². The molecule has 0 bridgehead atoms. The number of aryl methyl sites for hydroxylation is 2. The van der Waals surface area contributed by atoms with Gasteiger partial charge in [0.15, 0.2) is 0 Å². The molecule has 0 spiro atoms. The number of rotatable bonds is 5. The summed E-state index contributed by atoms with van der Waals surface area (Å²) in [6.45, 7) is 2.86. The van der Waals surface area contributed by atoms with Crippen molar-refractivity contribution in [3.05, 3.63) is 83.4 Å². The van der Waals surface area contributed by atoms with Gasteiger partial charge in [-0.1, -0.05) is 43.3 Å². The third kappa shape index (κ3) is 3.55. The minimum Gasteiger partial charge on any atom is -0.494 e. The number of benzene rings is 3. The van der Waals surface area contributed by atoms with E-state index in [1.807, 2.05) is 30.5 Å². The van der Waals surface area contributed by atoms with Gasteiger partial charge in [-0.25, -0.2) is 0 Å². The lowest BCUT2D eigenvalue weighted by atomic mass is 9.85. The van der Waals surface area contributed by atoms with Crippen molar-refractivity contribution in [1.29, 1.82) is 0 Å². The van der Waals surface area contributed by atoms with Gasteiger partial charge in [0, 0.05) is 6.21 Å². The fraction of sp³-hybridized carbons (Fsp3) is 0.208. The highest BCUT2D eigenvalue weighted by Crippen LogP contribution is 2.33. The van der Waals surface area contributed by atoms with Crippen LogP contribution in [-0.2, 0) is 12.8 Å². The van der Waals surface area contributed by atoms with E-state index in [2.05, 4.69) is 54.4 Å². The zero-order valence-corrected chi connectivity index (χ0v) is 15.1. The Labute approximate surface area is 155 Å². The van der Waals surface area contributed by atoms with E-state index in [1.54, 1.807) is 0 Å². The largest absolute Gasteiger partial charge is 0.494 e.